The first kappa shape index (κ1) is 20.7. The SMILES string of the molecule is Cc1ccc(S(=O)(=O)N(C)Cc2ccc(C(=O)Nc3ccc(F)cc3)cc2)cc1. The largest absolute Gasteiger partial charge is 0.322 e. The molecule has 0 unspecified atom stereocenters. The van der Waals surface area contributed by atoms with Gasteiger partial charge in [-0.15, -0.1) is 0 Å². The molecule has 0 atom stereocenters. The van der Waals surface area contributed by atoms with Crippen molar-refractivity contribution < 1.29 is 17.6 Å². The molecule has 0 spiro atoms. The van der Waals surface area contributed by atoms with Gasteiger partial charge in [-0.2, -0.15) is 4.31 Å². The number of nitrogens with one attached hydrogen (secondary N) is 1. The Labute approximate surface area is 169 Å². The second-order valence-electron chi connectivity index (χ2n) is 6.73. The smallest absolute Gasteiger partial charge is 0.255 e. The third-order valence-corrected chi connectivity index (χ3v) is 6.27. The second-order valence-corrected chi connectivity index (χ2v) is 8.78. The van der Waals surface area contributed by atoms with Crippen molar-refractivity contribution in [2.75, 3.05) is 12.4 Å². The first-order valence-electron chi connectivity index (χ1n) is 8.94. The molecular weight excluding hydrogens is 391 g/mol. The first-order chi connectivity index (χ1) is 13.8. The summed E-state index contributed by atoms with van der Waals surface area (Å²) in [6.45, 7) is 2.07. The monoisotopic (exact) mass is 412 g/mol. The molecule has 0 heterocycles. The highest BCUT2D eigenvalue weighted by atomic mass is 32.2. The van der Waals surface area contributed by atoms with E-state index in [4.69, 9.17) is 0 Å². The van der Waals surface area contributed by atoms with Crippen LogP contribution in [0.5, 0.6) is 0 Å². The number of amides is 1. The van der Waals surface area contributed by atoms with Gasteiger partial charge in [-0.3, -0.25) is 4.79 Å². The number of carbonyl (C=O) groups excluding carboxylic acids is 1. The van der Waals surface area contributed by atoms with Gasteiger partial charge in [-0.05, 0) is 61.0 Å². The number of sulfonamides is 1. The molecule has 0 aliphatic carbocycles. The average Bonchev–Trinajstić information content (AvgIpc) is 2.70. The molecule has 5 nitrogen and oxygen atoms in total. The number of nitrogens with zero attached hydrogens (tertiary/aromatic N) is 1. The van der Waals surface area contributed by atoms with Gasteiger partial charge in [0.2, 0.25) is 10.0 Å². The normalized spacial score (nSPS) is 11.4. The van der Waals surface area contributed by atoms with E-state index in [2.05, 4.69) is 5.32 Å². The molecule has 0 aliphatic heterocycles. The van der Waals surface area contributed by atoms with Crippen LogP contribution in [0.4, 0.5) is 10.1 Å². The topological polar surface area (TPSA) is 66.5 Å². The molecular formula is C22H21FN2O3S. The van der Waals surface area contributed by atoms with Crippen molar-refractivity contribution in [3.63, 3.8) is 0 Å². The van der Waals surface area contributed by atoms with Crippen LogP contribution in [0.2, 0.25) is 0 Å². The summed E-state index contributed by atoms with van der Waals surface area (Å²) in [5, 5.41) is 2.68. The van der Waals surface area contributed by atoms with Gasteiger partial charge in [0.15, 0.2) is 0 Å². The predicted molar refractivity (Wildman–Crippen MR) is 111 cm³/mol. The maximum absolute atomic E-state index is 12.9. The second kappa shape index (κ2) is 8.55. The first-order valence-corrected chi connectivity index (χ1v) is 10.4. The van der Waals surface area contributed by atoms with Gasteiger partial charge >= 0.3 is 0 Å². The maximum atomic E-state index is 12.9. The molecule has 1 N–H and O–H groups in total. The number of halogens is 1. The molecule has 0 aliphatic rings. The van der Waals surface area contributed by atoms with E-state index >= 15 is 0 Å². The Balaban J connectivity index is 1.67. The number of carbonyl (C=O) groups is 1. The third kappa shape index (κ3) is 5.07. The van der Waals surface area contributed by atoms with Crippen molar-refractivity contribution in [1.82, 2.24) is 4.31 Å². The van der Waals surface area contributed by atoms with Crippen LogP contribution in [0.25, 0.3) is 0 Å². The van der Waals surface area contributed by atoms with Crippen molar-refractivity contribution in [3.05, 3.63) is 95.3 Å². The molecule has 29 heavy (non-hydrogen) atoms. The summed E-state index contributed by atoms with van der Waals surface area (Å²) in [7, 11) is -2.08. The molecule has 0 fully saturated rings. The van der Waals surface area contributed by atoms with Crippen molar-refractivity contribution in [2.24, 2.45) is 0 Å². The number of aryl methyl sites for hydroxylation is 1. The molecule has 3 rings (SSSR count). The Morgan fingerprint density at radius 3 is 2.10 bits per heavy atom. The zero-order chi connectivity index (χ0) is 21.0. The minimum absolute atomic E-state index is 0.177. The predicted octanol–water partition coefficient (Wildman–Crippen LogP) is 4.21. The minimum atomic E-state index is -3.60. The Hall–Kier alpha value is -3.03. The Morgan fingerprint density at radius 1 is 0.931 bits per heavy atom. The molecule has 0 radical (unpaired) electrons. The fourth-order valence-corrected chi connectivity index (χ4v) is 3.89. The molecule has 3 aromatic carbocycles. The van der Waals surface area contributed by atoms with E-state index in [-0.39, 0.29) is 23.2 Å². The third-order valence-electron chi connectivity index (χ3n) is 4.45. The molecule has 3 aromatic rings. The average molecular weight is 412 g/mol. The highest BCUT2D eigenvalue weighted by Gasteiger charge is 2.20. The van der Waals surface area contributed by atoms with Gasteiger partial charge in [0.1, 0.15) is 5.82 Å². The zero-order valence-corrected chi connectivity index (χ0v) is 16.9. The van der Waals surface area contributed by atoms with Gasteiger partial charge in [0.25, 0.3) is 5.91 Å². The summed E-state index contributed by atoms with van der Waals surface area (Å²) >= 11 is 0. The number of rotatable bonds is 6. The van der Waals surface area contributed by atoms with E-state index in [9.17, 15) is 17.6 Å². The Bertz CT molecular complexity index is 1090. The van der Waals surface area contributed by atoms with Crippen molar-refractivity contribution in [1.29, 1.82) is 0 Å². The van der Waals surface area contributed by atoms with E-state index in [0.717, 1.165) is 11.1 Å². The molecule has 0 bridgehead atoms. The highest BCUT2D eigenvalue weighted by molar-refractivity contribution is 7.89. The lowest BCUT2D eigenvalue weighted by Gasteiger charge is -2.17. The van der Waals surface area contributed by atoms with Crippen LogP contribution in [0.1, 0.15) is 21.5 Å². The van der Waals surface area contributed by atoms with Crippen LogP contribution < -0.4 is 5.32 Å². The Morgan fingerprint density at radius 2 is 1.52 bits per heavy atom. The van der Waals surface area contributed by atoms with Crippen molar-refractivity contribution in [2.45, 2.75) is 18.4 Å². The van der Waals surface area contributed by atoms with Crippen LogP contribution in [0.15, 0.2) is 77.7 Å². The molecule has 1 amide bonds. The van der Waals surface area contributed by atoms with Crippen LogP contribution in [-0.4, -0.2) is 25.7 Å². The van der Waals surface area contributed by atoms with Crippen LogP contribution >= 0.6 is 0 Å². The van der Waals surface area contributed by atoms with Crippen LogP contribution in [0.3, 0.4) is 0 Å². The summed E-state index contributed by atoms with van der Waals surface area (Å²) < 4.78 is 39.6. The number of anilines is 1. The molecule has 0 saturated carbocycles. The zero-order valence-electron chi connectivity index (χ0n) is 16.1. The molecule has 7 heteroatoms. The summed E-state index contributed by atoms with van der Waals surface area (Å²) in [6, 6.07) is 18.9. The Kier molecular flexibility index (Phi) is 6.10. The van der Waals surface area contributed by atoms with Gasteiger partial charge in [0.05, 0.1) is 4.90 Å². The van der Waals surface area contributed by atoms with E-state index in [1.807, 2.05) is 6.92 Å². The summed E-state index contributed by atoms with van der Waals surface area (Å²) in [5.41, 5.74) is 2.65. The van der Waals surface area contributed by atoms with E-state index in [0.29, 0.717) is 11.3 Å². The van der Waals surface area contributed by atoms with Crippen LogP contribution in [-0.2, 0) is 16.6 Å². The number of hydrogen-bond acceptors (Lipinski definition) is 3. The van der Waals surface area contributed by atoms with E-state index in [1.165, 1.54) is 35.6 Å². The maximum Gasteiger partial charge on any atom is 0.255 e. The number of benzene rings is 3. The fourth-order valence-electron chi connectivity index (χ4n) is 2.73. The summed E-state index contributed by atoms with van der Waals surface area (Å²) in [4.78, 5) is 12.5. The summed E-state index contributed by atoms with van der Waals surface area (Å²) in [6.07, 6.45) is 0. The molecule has 0 saturated heterocycles. The van der Waals surface area contributed by atoms with Crippen molar-refractivity contribution in [3.8, 4) is 0 Å². The summed E-state index contributed by atoms with van der Waals surface area (Å²) in [5.74, 6) is -0.708. The van der Waals surface area contributed by atoms with Gasteiger partial charge < -0.3 is 5.32 Å². The quantitative estimate of drug-likeness (QED) is 0.660. The van der Waals surface area contributed by atoms with Gasteiger partial charge in [-0.1, -0.05) is 29.8 Å². The minimum Gasteiger partial charge on any atom is -0.322 e. The van der Waals surface area contributed by atoms with Crippen molar-refractivity contribution >= 4 is 21.6 Å². The lowest BCUT2D eigenvalue weighted by molar-refractivity contribution is 0.102. The van der Waals surface area contributed by atoms with Gasteiger partial charge in [0, 0.05) is 24.8 Å². The van der Waals surface area contributed by atoms with E-state index < -0.39 is 10.0 Å². The molecule has 150 valence electrons. The van der Waals surface area contributed by atoms with E-state index in [1.54, 1.807) is 48.5 Å². The lowest BCUT2D eigenvalue weighted by atomic mass is 10.1. The number of hydrogen-bond donors (Lipinski definition) is 1. The van der Waals surface area contributed by atoms with Gasteiger partial charge in [-0.25, -0.2) is 12.8 Å². The standard InChI is InChI=1S/C22H21FN2O3S/c1-16-3-13-21(14-4-16)29(27,28)25(2)15-17-5-7-18(8-6-17)22(26)24-20-11-9-19(23)10-12-20/h3-14H,15H2,1-2H3,(H,24,26). The molecule has 0 aromatic heterocycles. The highest BCUT2D eigenvalue weighted by Crippen LogP contribution is 2.18. The fraction of sp³-hybridized carbons (Fsp3) is 0.136. The van der Waals surface area contributed by atoms with Crippen LogP contribution in [0, 0.1) is 12.7 Å². The lowest BCUT2D eigenvalue weighted by Crippen LogP contribution is -2.26.